The third kappa shape index (κ3) is 5.21. The number of rotatable bonds is 6. The maximum atomic E-state index is 12.4. The largest absolute Gasteiger partial charge is 0.343 e. The van der Waals surface area contributed by atoms with Gasteiger partial charge in [0.1, 0.15) is 0 Å². The Balaban J connectivity index is 0.00000288. The van der Waals surface area contributed by atoms with Gasteiger partial charge < -0.3 is 10.6 Å². The molecule has 1 aliphatic rings. The maximum absolute atomic E-state index is 12.4. The average molecular weight is 357 g/mol. The lowest BCUT2D eigenvalue weighted by molar-refractivity contribution is -0.132. The number of aromatic nitrogens is 2. The zero-order valence-corrected chi connectivity index (χ0v) is 16.4. The van der Waals surface area contributed by atoms with Crippen molar-refractivity contribution < 1.29 is 4.79 Å². The molecule has 24 heavy (non-hydrogen) atoms. The summed E-state index contributed by atoms with van der Waals surface area (Å²) in [6.07, 6.45) is 3.48. The summed E-state index contributed by atoms with van der Waals surface area (Å²) in [5.74, 6) is 1.44. The summed E-state index contributed by atoms with van der Waals surface area (Å²) < 4.78 is 2.09. The van der Waals surface area contributed by atoms with E-state index in [0.29, 0.717) is 18.3 Å². The van der Waals surface area contributed by atoms with Crippen molar-refractivity contribution in [2.75, 3.05) is 19.6 Å². The van der Waals surface area contributed by atoms with Crippen molar-refractivity contribution >= 4 is 18.3 Å². The molecule has 5 nitrogen and oxygen atoms in total. The van der Waals surface area contributed by atoms with Gasteiger partial charge in [-0.05, 0) is 57.1 Å². The second-order valence-electron chi connectivity index (χ2n) is 7.29. The summed E-state index contributed by atoms with van der Waals surface area (Å²) in [4.78, 5) is 14.5. The topological polar surface area (TPSA) is 64.2 Å². The van der Waals surface area contributed by atoms with Crippen molar-refractivity contribution in [1.82, 2.24) is 14.7 Å². The van der Waals surface area contributed by atoms with Gasteiger partial charge in [0, 0.05) is 31.7 Å². The molecule has 0 saturated carbocycles. The highest BCUT2D eigenvalue weighted by molar-refractivity contribution is 5.85. The zero-order valence-electron chi connectivity index (χ0n) is 15.5. The van der Waals surface area contributed by atoms with Crippen LogP contribution in [0.15, 0.2) is 0 Å². The van der Waals surface area contributed by atoms with Crippen LogP contribution in [0.1, 0.15) is 50.1 Å². The summed E-state index contributed by atoms with van der Waals surface area (Å²) in [5.41, 5.74) is 9.24. The zero-order chi connectivity index (χ0) is 17.0. The fourth-order valence-corrected chi connectivity index (χ4v) is 3.43. The molecule has 0 aromatic carbocycles. The molecule has 1 amide bonds. The van der Waals surface area contributed by atoms with Crippen LogP contribution in [-0.2, 0) is 17.8 Å². The Labute approximate surface area is 152 Å². The van der Waals surface area contributed by atoms with E-state index in [0.717, 1.165) is 51.1 Å². The third-order valence-corrected chi connectivity index (χ3v) is 4.96. The van der Waals surface area contributed by atoms with Gasteiger partial charge in [-0.1, -0.05) is 13.8 Å². The number of amides is 1. The Kier molecular flexibility index (Phi) is 8.23. The molecule has 0 spiro atoms. The van der Waals surface area contributed by atoms with Crippen LogP contribution in [0.25, 0.3) is 0 Å². The number of carbonyl (C=O) groups is 1. The number of hydrogen-bond acceptors (Lipinski definition) is 3. The molecule has 0 unspecified atom stereocenters. The molecule has 2 heterocycles. The Morgan fingerprint density at radius 1 is 1.29 bits per heavy atom. The molecule has 0 radical (unpaired) electrons. The molecule has 0 atom stereocenters. The summed E-state index contributed by atoms with van der Waals surface area (Å²) in [6, 6.07) is 0. The number of nitrogens with zero attached hydrogens (tertiary/aromatic N) is 3. The SMILES string of the molecule is Cc1nn(CC(C)C)c(C)c1CCC(=O)N1CCC(CN)CC1.Cl. The standard InChI is InChI=1S/C18H32N4O.ClH/c1-13(2)12-22-15(4)17(14(3)20-22)5-6-18(23)21-9-7-16(11-19)8-10-21;/h13,16H,5-12,19H2,1-4H3;1H. The predicted octanol–water partition coefficient (Wildman–Crippen LogP) is 2.71. The van der Waals surface area contributed by atoms with Crippen LogP contribution in [0, 0.1) is 25.7 Å². The van der Waals surface area contributed by atoms with Gasteiger partial charge in [0.25, 0.3) is 0 Å². The fraction of sp³-hybridized carbons (Fsp3) is 0.778. The van der Waals surface area contributed by atoms with Crippen LogP contribution in [0.2, 0.25) is 0 Å². The van der Waals surface area contributed by atoms with E-state index < -0.39 is 0 Å². The summed E-state index contributed by atoms with van der Waals surface area (Å²) in [5, 5.41) is 4.64. The molecule has 2 N–H and O–H groups in total. The number of nitrogens with two attached hydrogens (primary N) is 1. The van der Waals surface area contributed by atoms with Crippen molar-refractivity contribution in [3.05, 3.63) is 17.0 Å². The highest BCUT2D eigenvalue weighted by Crippen LogP contribution is 2.19. The minimum atomic E-state index is 0. The number of piperidine rings is 1. The van der Waals surface area contributed by atoms with E-state index in [2.05, 4.69) is 37.5 Å². The Morgan fingerprint density at radius 3 is 2.46 bits per heavy atom. The van der Waals surface area contributed by atoms with Gasteiger partial charge in [0.05, 0.1) is 5.69 Å². The molecule has 2 rings (SSSR count). The number of halogens is 1. The number of hydrogen-bond donors (Lipinski definition) is 1. The summed E-state index contributed by atoms with van der Waals surface area (Å²) in [7, 11) is 0. The summed E-state index contributed by atoms with van der Waals surface area (Å²) in [6.45, 7) is 12.0. The molecule has 1 fully saturated rings. The van der Waals surface area contributed by atoms with Gasteiger partial charge in [-0.2, -0.15) is 5.10 Å². The smallest absolute Gasteiger partial charge is 0.222 e. The van der Waals surface area contributed by atoms with Crippen LogP contribution in [0.4, 0.5) is 0 Å². The van der Waals surface area contributed by atoms with E-state index in [1.54, 1.807) is 0 Å². The maximum Gasteiger partial charge on any atom is 0.222 e. The van der Waals surface area contributed by atoms with Gasteiger partial charge in [-0.25, -0.2) is 0 Å². The van der Waals surface area contributed by atoms with E-state index >= 15 is 0 Å². The number of likely N-dealkylation sites (tertiary alicyclic amines) is 1. The predicted molar refractivity (Wildman–Crippen MR) is 100 cm³/mol. The van der Waals surface area contributed by atoms with Crippen molar-refractivity contribution in [3.63, 3.8) is 0 Å². The van der Waals surface area contributed by atoms with E-state index in [1.165, 1.54) is 11.3 Å². The average Bonchev–Trinajstić information content (AvgIpc) is 2.78. The molecule has 1 aliphatic heterocycles. The molecule has 1 aromatic rings. The first-order valence-electron chi connectivity index (χ1n) is 8.93. The quantitative estimate of drug-likeness (QED) is 0.852. The molecule has 1 aromatic heterocycles. The molecule has 6 heteroatoms. The van der Waals surface area contributed by atoms with Gasteiger partial charge in [-0.3, -0.25) is 9.48 Å². The van der Waals surface area contributed by atoms with E-state index in [9.17, 15) is 4.79 Å². The van der Waals surface area contributed by atoms with E-state index in [4.69, 9.17) is 5.73 Å². The van der Waals surface area contributed by atoms with Gasteiger partial charge in [-0.15, -0.1) is 12.4 Å². The molecular formula is C18H33ClN4O. The van der Waals surface area contributed by atoms with Crippen molar-refractivity contribution in [1.29, 1.82) is 0 Å². The van der Waals surface area contributed by atoms with E-state index in [1.807, 2.05) is 4.90 Å². The Morgan fingerprint density at radius 2 is 1.92 bits per heavy atom. The molecule has 0 bridgehead atoms. The van der Waals surface area contributed by atoms with Crippen LogP contribution < -0.4 is 5.73 Å². The first-order valence-corrected chi connectivity index (χ1v) is 8.93. The molecular weight excluding hydrogens is 324 g/mol. The van der Waals surface area contributed by atoms with Crippen molar-refractivity contribution in [3.8, 4) is 0 Å². The Bertz CT molecular complexity index is 533. The molecule has 0 aliphatic carbocycles. The highest BCUT2D eigenvalue weighted by Gasteiger charge is 2.22. The lowest BCUT2D eigenvalue weighted by Gasteiger charge is -2.31. The van der Waals surface area contributed by atoms with Crippen molar-refractivity contribution in [2.45, 2.75) is 59.9 Å². The second-order valence-corrected chi connectivity index (χ2v) is 7.29. The normalized spacial score (nSPS) is 15.7. The monoisotopic (exact) mass is 356 g/mol. The van der Waals surface area contributed by atoms with Crippen LogP contribution in [0.3, 0.4) is 0 Å². The van der Waals surface area contributed by atoms with E-state index in [-0.39, 0.29) is 18.3 Å². The van der Waals surface area contributed by atoms with Gasteiger partial charge in [0.15, 0.2) is 0 Å². The summed E-state index contributed by atoms with van der Waals surface area (Å²) >= 11 is 0. The minimum Gasteiger partial charge on any atom is -0.343 e. The Hall–Kier alpha value is -1.07. The van der Waals surface area contributed by atoms with Crippen LogP contribution in [-0.4, -0.2) is 40.2 Å². The van der Waals surface area contributed by atoms with Crippen LogP contribution in [0.5, 0.6) is 0 Å². The minimum absolute atomic E-state index is 0. The number of carbonyl (C=O) groups excluding carboxylic acids is 1. The van der Waals surface area contributed by atoms with Crippen LogP contribution >= 0.6 is 12.4 Å². The fourth-order valence-electron chi connectivity index (χ4n) is 3.43. The second kappa shape index (κ2) is 9.42. The molecule has 1 saturated heterocycles. The molecule has 138 valence electrons. The lowest BCUT2D eigenvalue weighted by Crippen LogP contribution is -2.40. The third-order valence-electron chi connectivity index (χ3n) is 4.96. The van der Waals surface area contributed by atoms with Crippen molar-refractivity contribution in [2.24, 2.45) is 17.6 Å². The highest BCUT2D eigenvalue weighted by atomic mass is 35.5. The first kappa shape index (κ1) is 21.0. The number of aryl methyl sites for hydroxylation is 1. The van der Waals surface area contributed by atoms with Gasteiger partial charge in [0.2, 0.25) is 5.91 Å². The lowest BCUT2D eigenvalue weighted by atomic mass is 9.96. The van der Waals surface area contributed by atoms with Gasteiger partial charge >= 0.3 is 0 Å². The first-order chi connectivity index (χ1) is 10.9.